The molecular weight excluding hydrogens is 255 g/mol. The van der Waals surface area contributed by atoms with E-state index in [0.717, 1.165) is 25.0 Å². The molecule has 1 aliphatic rings. The molecule has 0 amide bonds. The van der Waals surface area contributed by atoms with Crippen LogP contribution in [0.1, 0.15) is 32.3 Å². The first-order valence-electron chi connectivity index (χ1n) is 6.34. The molecule has 5 heteroatoms. The monoisotopic (exact) mass is 273 g/mol. The summed E-state index contributed by atoms with van der Waals surface area (Å²) in [5.41, 5.74) is -0.335. The van der Waals surface area contributed by atoms with Crippen molar-refractivity contribution >= 4 is 5.69 Å². The first kappa shape index (κ1) is 14.2. The number of ether oxygens (including phenoxy) is 1. The third-order valence-corrected chi connectivity index (χ3v) is 3.26. The topological polar surface area (TPSA) is 21.3 Å². The van der Waals surface area contributed by atoms with Crippen LogP contribution in [0.2, 0.25) is 0 Å². The van der Waals surface area contributed by atoms with E-state index in [1.807, 2.05) is 13.8 Å². The standard InChI is InChI=1S/C14H18F3NO/c1-13(2)9-12(6-7-19-13)18-11-5-3-4-10(8-11)14(15,16)17/h3-5,8,12,18H,6-7,9H2,1-2H3. The molecule has 2 rings (SSSR count). The van der Waals surface area contributed by atoms with Crippen LogP contribution in [0, 0.1) is 0 Å². The molecule has 0 bridgehead atoms. The van der Waals surface area contributed by atoms with E-state index in [0.29, 0.717) is 12.3 Å². The molecule has 1 fully saturated rings. The Labute approximate surface area is 111 Å². The summed E-state index contributed by atoms with van der Waals surface area (Å²) in [7, 11) is 0. The van der Waals surface area contributed by atoms with Crippen LogP contribution in [-0.2, 0) is 10.9 Å². The van der Waals surface area contributed by atoms with Crippen LogP contribution >= 0.6 is 0 Å². The molecule has 0 aliphatic carbocycles. The summed E-state index contributed by atoms with van der Waals surface area (Å²) in [5, 5.41) is 3.17. The van der Waals surface area contributed by atoms with E-state index < -0.39 is 11.7 Å². The van der Waals surface area contributed by atoms with Gasteiger partial charge in [0.05, 0.1) is 11.2 Å². The van der Waals surface area contributed by atoms with E-state index in [2.05, 4.69) is 5.32 Å². The van der Waals surface area contributed by atoms with Crippen molar-refractivity contribution in [3.63, 3.8) is 0 Å². The molecule has 0 aromatic heterocycles. The average Bonchev–Trinajstić information content (AvgIpc) is 2.26. The fraction of sp³-hybridized carbons (Fsp3) is 0.571. The second-order valence-corrected chi connectivity index (χ2v) is 5.52. The number of hydrogen-bond donors (Lipinski definition) is 1. The van der Waals surface area contributed by atoms with Gasteiger partial charge >= 0.3 is 6.18 Å². The predicted octanol–water partition coefficient (Wildman–Crippen LogP) is 4.07. The van der Waals surface area contributed by atoms with Crippen LogP contribution in [-0.4, -0.2) is 18.2 Å². The van der Waals surface area contributed by atoms with Gasteiger partial charge in [-0.25, -0.2) is 0 Å². The average molecular weight is 273 g/mol. The molecule has 1 N–H and O–H groups in total. The maximum atomic E-state index is 12.6. The minimum atomic E-state index is -4.30. The number of benzene rings is 1. The molecule has 1 atom stereocenters. The maximum absolute atomic E-state index is 12.6. The summed E-state index contributed by atoms with van der Waals surface area (Å²) in [4.78, 5) is 0. The maximum Gasteiger partial charge on any atom is 0.416 e. The Morgan fingerprint density at radius 2 is 2.05 bits per heavy atom. The molecule has 106 valence electrons. The normalized spacial score (nSPS) is 23.1. The number of rotatable bonds is 2. The number of anilines is 1. The van der Waals surface area contributed by atoms with Crippen molar-refractivity contribution in [3.8, 4) is 0 Å². The highest BCUT2D eigenvalue weighted by molar-refractivity contribution is 5.47. The summed E-state index contributed by atoms with van der Waals surface area (Å²) in [6.07, 6.45) is -2.71. The van der Waals surface area contributed by atoms with Crippen LogP contribution in [0.5, 0.6) is 0 Å². The van der Waals surface area contributed by atoms with E-state index >= 15 is 0 Å². The Bertz CT molecular complexity index is 443. The fourth-order valence-electron chi connectivity index (χ4n) is 2.38. The number of halogens is 3. The molecule has 1 heterocycles. The quantitative estimate of drug-likeness (QED) is 0.876. The van der Waals surface area contributed by atoms with Gasteiger partial charge in [-0.1, -0.05) is 6.07 Å². The Kier molecular flexibility index (Phi) is 3.76. The van der Waals surface area contributed by atoms with Gasteiger partial charge in [0, 0.05) is 18.3 Å². The molecule has 1 saturated heterocycles. The second-order valence-electron chi connectivity index (χ2n) is 5.52. The highest BCUT2D eigenvalue weighted by Crippen LogP contribution is 2.32. The summed E-state index contributed by atoms with van der Waals surface area (Å²) >= 11 is 0. The van der Waals surface area contributed by atoms with Crippen molar-refractivity contribution in [3.05, 3.63) is 29.8 Å². The predicted molar refractivity (Wildman–Crippen MR) is 68.1 cm³/mol. The third-order valence-electron chi connectivity index (χ3n) is 3.26. The lowest BCUT2D eigenvalue weighted by Gasteiger charge is -2.36. The SMILES string of the molecule is CC1(C)CC(Nc2cccc(C(F)(F)F)c2)CCO1. The number of hydrogen-bond acceptors (Lipinski definition) is 2. The lowest BCUT2D eigenvalue weighted by Crippen LogP contribution is -2.40. The Morgan fingerprint density at radius 1 is 1.32 bits per heavy atom. The first-order chi connectivity index (χ1) is 8.76. The molecule has 1 unspecified atom stereocenters. The van der Waals surface area contributed by atoms with Crippen molar-refractivity contribution in [2.75, 3.05) is 11.9 Å². The molecule has 0 spiro atoms. The van der Waals surface area contributed by atoms with E-state index in [9.17, 15) is 13.2 Å². The highest BCUT2D eigenvalue weighted by atomic mass is 19.4. The summed E-state index contributed by atoms with van der Waals surface area (Å²) < 4.78 is 43.5. The molecule has 1 aromatic rings. The Balaban J connectivity index is 2.07. The van der Waals surface area contributed by atoms with Crippen LogP contribution in [0.15, 0.2) is 24.3 Å². The van der Waals surface area contributed by atoms with Crippen molar-refractivity contribution in [1.82, 2.24) is 0 Å². The van der Waals surface area contributed by atoms with Crippen LogP contribution < -0.4 is 5.32 Å². The number of nitrogens with one attached hydrogen (secondary N) is 1. The Morgan fingerprint density at radius 3 is 2.68 bits per heavy atom. The lowest BCUT2D eigenvalue weighted by atomic mass is 9.94. The fourth-order valence-corrected chi connectivity index (χ4v) is 2.38. The van der Waals surface area contributed by atoms with E-state index in [1.54, 1.807) is 6.07 Å². The molecule has 2 nitrogen and oxygen atoms in total. The second kappa shape index (κ2) is 5.04. The zero-order chi connectivity index (χ0) is 14.1. The van der Waals surface area contributed by atoms with Crippen LogP contribution in [0.3, 0.4) is 0 Å². The molecule has 0 radical (unpaired) electrons. The van der Waals surface area contributed by atoms with E-state index in [1.165, 1.54) is 6.07 Å². The molecule has 1 aliphatic heterocycles. The van der Waals surface area contributed by atoms with Crippen molar-refractivity contribution < 1.29 is 17.9 Å². The van der Waals surface area contributed by atoms with E-state index in [4.69, 9.17) is 4.74 Å². The molecule has 0 saturated carbocycles. The lowest BCUT2D eigenvalue weighted by molar-refractivity contribution is -0.137. The van der Waals surface area contributed by atoms with Gasteiger partial charge in [0.15, 0.2) is 0 Å². The van der Waals surface area contributed by atoms with Crippen molar-refractivity contribution in [1.29, 1.82) is 0 Å². The van der Waals surface area contributed by atoms with Gasteiger partial charge in [-0.2, -0.15) is 13.2 Å². The van der Waals surface area contributed by atoms with Gasteiger partial charge in [-0.15, -0.1) is 0 Å². The van der Waals surface area contributed by atoms with E-state index in [-0.39, 0.29) is 11.6 Å². The van der Waals surface area contributed by atoms with Crippen LogP contribution in [0.4, 0.5) is 18.9 Å². The van der Waals surface area contributed by atoms with Crippen molar-refractivity contribution in [2.24, 2.45) is 0 Å². The minimum Gasteiger partial charge on any atom is -0.382 e. The smallest absolute Gasteiger partial charge is 0.382 e. The highest BCUT2D eigenvalue weighted by Gasteiger charge is 2.31. The zero-order valence-electron chi connectivity index (χ0n) is 11.1. The third kappa shape index (κ3) is 3.86. The zero-order valence-corrected chi connectivity index (χ0v) is 11.1. The molecular formula is C14H18F3NO. The van der Waals surface area contributed by atoms with Gasteiger partial charge < -0.3 is 10.1 Å². The first-order valence-corrected chi connectivity index (χ1v) is 6.34. The van der Waals surface area contributed by atoms with Gasteiger partial charge in [0.25, 0.3) is 0 Å². The van der Waals surface area contributed by atoms with Crippen LogP contribution in [0.25, 0.3) is 0 Å². The summed E-state index contributed by atoms with van der Waals surface area (Å²) in [6.45, 7) is 4.61. The summed E-state index contributed by atoms with van der Waals surface area (Å²) in [6, 6.07) is 5.47. The molecule has 19 heavy (non-hydrogen) atoms. The van der Waals surface area contributed by atoms with Gasteiger partial charge in [0.1, 0.15) is 0 Å². The van der Waals surface area contributed by atoms with Gasteiger partial charge in [-0.05, 0) is 44.9 Å². The van der Waals surface area contributed by atoms with Gasteiger partial charge in [-0.3, -0.25) is 0 Å². The Hall–Kier alpha value is -1.23. The summed E-state index contributed by atoms with van der Waals surface area (Å²) in [5.74, 6) is 0. The minimum absolute atomic E-state index is 0.146. The van der Waals surface area contributed by atoms with Gasteiger partial charge in [0.2, 0.25) is 0 Å². The number of alkyl halides is 3. The molecule has 1 aromatic carbocycles. The largest absolute Gasteiger partial charge is 0.416 e. The van der Waals surface area contributed by atoms with Crippen molar-refractivity contribution in [2.45, 2.75) is 44.5 Å².